The van der Waals surface area contributed by atoms with E-state index < -0.39 is 0 Å². The van der Waals surface area contributed by atoms with E-state index in [2.05, 4.69) is 74.3 Å². The summed E-state index contributed by atoms with van der Waals surface area (Å²) in [5.74, 6) is 0. The van der Waals surface area contributed by atoms with Gasteiger partial charge in [-0.2, -0.15) is 0 Å². The van der Waals surface area contributed by atoms with Gasteiger partial charge in [-0.15, -0.1) is 0 Å². The fourth-order valence-electron chi connectivity index (χ4n) is 2.98. The predicted molar refractivity (Wildman–Crippen MR) is 107 cm³/mol. The van der Waals surface area contributed by atoms with Crippen LogP contribution in [0.2, 0.25) is 0 Å². The first-order chi connectivity index (χ1) is 11.4. The highest BCUT2D eigenvalue weighted by Gasteiger charge is 2.43. The molecule has 140 valence electrons. The van der Waals surface area contributed by atoms with Gasteiger partial charge in [-0.25, -0.2) is 0 Å². The topological polar surface area (TPSA) is 13.0 Å². The molecule has 2 aliphatic carbocycles. The molecule has 0 amide bonds. The quantitative estimate of drug-likeness (QED) is 0.537. The highest BCUT2D eigenvalue weighted by molar-refractivity contribution is 5.18. The molecule has 0 aromatic carbocycles. The van der Waals surface area contributed by atoms with Gasteiger partial charge < -0.3 is 0 Å². The summed E-state index contributed by atoms with van der Waals surface area (Å²) in [6.45, 7) is 21.6. The average Bonchev–Trinajstić information content (AvgIpc) is 3.50. The van der Waals surface area contributed by atoms with E-state index in [1.807, 2.05) is 14.1 Å². The Hall–Kier alpha value is -1.84. The summed E-state index contributed by atoms with van der Waals surface area (Å²) in [6, 6.07) is 0. The van der Waals surface area contributed by atoms with Crippen molar-refractivity contribution in [3.05, 3.63) is 49.1 Å². The molecular weight excluding hydrogens is 308 g/mol. The molecular formula is C21H36N4. The lowest BCUT2D eigenvalue weighted by atomic mass is 10.1. The van der Waals surface area contributed by atoms with Crippen molar-refractivity contribution < 1.29 is 0 Å². The third-order valence-corrected chi connectivity index (χ3v) is 6.40. The third kappa shape index (κ3) is 3.88. The molecule has 2 aliphatic rings. The molecule has 4 nitrogen and oxygen atoms in total. The van der Waals surface area contributed by atoms with Gasteiger partial charge in [0, 0.05) is 68.2 Å². The van der Waals surface area contributed by atoms with Crippen molar-refractivity contribution in [3.8, 4) is 0 Å². The van der Waals surface area contributed by atoms with Gasteiger partial charge in [0.15, 0.2) is 0 Å². The fourth-order valence-corrected chi connectivity index (χ4v) is 2.98. The maximum absolute atomic E-state index is 4.28. The second-order valence-electron chi connectivity index (χ2n) is 8.42. The van der Waals surface area contributed by atoms with E-state index in [0.717, 1.165) is 22.8 Å². The Balaban J connectivity index is 1.91. The molecule has 0 N–H and O–H groups in total. The number of rotatable bonds is 10. The standard InChI is InChI=1S/C21H36N4/c1-16(22(7)24(9)18(3)20(5)11-12-20)15-17(2)23(8)25(10)19(4)21(6)13-14-21/h1-4,11-15H2,5-10H3. The highest BCUT2D eigenvalue weighted by Crippen LogP contribution is 2.52. The van der Waals surface area contributed by atoms with Gasteiger partial charge in [0.25, 0.3) is 0 Å². The van der Waals surface area contributed by atoms with Crippen molar-refractivity contribution in [3.63, 3.8) is 0 Å². The molecule has 25 heavy (non-hydrogen) atoms. The molecule has 2 saturated carbocycles. The zero-order valence-corrected chi connectivity index (χ0v) is 17.2. The minimum absolute atomic E-state index is 0.259. The molecule has 0 bridgehead atoms. The van der Waals surface area contributed by atoms with Crippen LogP contribution >= 0.6 is 0 Å². The summed E-state index contributed by atoms with van der Waals surface area (Å²) in [7, 11) is 8.21. The molecule has 0 heterocycles. The molecule has 0 aliphatic heterocycles. The van der Waals surface area contributed by atoms with Gasteiger partial charge >= 0.3 is 0 Å². The van der Waals surface area contributed by atoms with Crippen LogP contribution in [0.4, 0.5) is 0 Å². The Labute approximate surface area is 154 Å². The zero-order valence-electron chi connectivity index (χ0n) is 17.2. The first kappa shape index (κ1) is 19.5. The summed E-state index contributed by atoms with van der Waals surface area (Å²) in [5.41, 5.74) is 4.83. The smallest absolute Gasteiger partial charge is 0.0332 e. The van der Waals surface area contributed by atoms with Crippen LogP contribution in [-0.2, 0) is 0 Å². The van der Waals surface area contributed by atoms with E-state index in [1.54, 1.807) is 0 Å². The minimum Gasteiger partial charge on any atom is -0.293 e. The molecule has 0 atom stereocenters. The fraction of sp³-hybridized carbons (Fsp3) is 0.619. The van der Waals surface area contributed by atoms with Gasteiger partial charge in [-0.3, -0.25) is 20.0 Å². The molecule has 0 aromatic heterocycles. The van der Waals surface area contributed by atoms with E-state index in [9.17, 15) is 0 Å². The Morgan fingerprint density at radius 1 is 0.640 bits per heavy atom. The first-order valence-corrected chi connectivity index (χ1v) is 9.12. The summed E-state index contributed by atoms with van der Waals surface area (Å²) in [5, 5.41) is 8.41. The third-order valence-electron chi connectivity index (χ3n) is 6.40. The van der Waals surface area contributed by atoms with Gasteiger partial charge in [-0.05, 0) is 25.7 Å². The van der Waals surface area contributed by atoms with Gasteiger partial charge in [-0.1, -0.05) is 40.2 Å². The number of nitrogens with zero attached hydrogens (tertiary/aromatic N) is 4. The second-order valence-corrected chi connectivity index (χ2v) is 8.42. The lowest BCUT2D eigenvalue weighted by Crippen LogP contribution is -2.39. The molecule has 0 saturated heterocycles. The average molecular weight is 345 g/mol. The van der Waals surface area contributed by atoms with Crippen molar-refractivity contribution in [1.82, 2.24) is 20.0 Å². The van der Waals surface area contributed by atoms with Crippen LogP contribution < -0.4 is 0 Å². The normalized spacial score (nSPS) is 18.8. The number of allylic oxidation sites excluding steroid dienone is 2. The first-order valence-electron chi connectivity index (χ1n) is 9.12. The van der Waals surface area contributed by atoms with E-state index in [-0.39, 0.29) is 10.8 Å². The summed E-state index contributed by atoms with van der Waals surface area (Å²) >= 11 is 0. The number of hydrogen-bond donors (Lipinski definition) is 0. The van der Waals surface area contributed by atoms with E-state index in [4.69, 9.17) is 0 Å². The number of hydrazine groups is 2. The van der Waals surface area contributed by atoms with Crippen LogP contribution in [-0.4, -0.2) is 48.2 Å². The van der Waals surface area contributed by atoms with Crippen LogP contribution in [0.5, 0.6) is 0 Å². The molecule has 2 rings (SSSR count). The van der Waals surface area contributed by atoms with Crippen molar-refractivity contribution in [2.75, 3.05) is 28.2 Å². The molecule has 0 aromatic rings. The van der Waals surface area contributed by atoms with E-state index in [0.29, 0.717) is 6.42 Å². The molecule has 2 fully saturated rings. The summed E-state index contributed by atoms with van der Waals surface area (Å²) in [6.07, 6.45) is 5.58. The largest absolute Gasteiger partial charge is 0.293 e. The maximum Gasteiger partial charge on any atom is 0.0332 e. The van der Waals surface area contributed by atoms with Gasteiger partial charge in [0.2, 0.25) is 0 Å². The molecule has 0 radical (unpaired) electrons. The van der Waals surface area contributed by atoms with Crippen LogP contribution in [0.1, 0.15) is 46.0 Å². The van der Waals surface area contributed by atoms with Crippen LogP contribution in [0, 0.1) is 10.8 Å². The lowest BCUT2D eigenvalue weighted by molar-refractivity contribution is 0.0708. The summed E-state index contributed by atoms with van der Waals surface area (Å²) < 4.78 is 0. The lowest BCUT2D eigenvalue weighted by Gasteiger charge is -2.40. The van der Waals surface area contributed by atoms with Gasteiger partial charge in [0.1, 0.15) is 0 Å². The van der Waals surface area contributed by atoms with Crippen molar-refractivity contribution in [1.29, 1.82) is 0 Å². The monoisotopic (exact) mass is 344 g/mol. The Bertz CT molecular complexity index is 543. The van der Waals surface area contributed by atoms with Gasteiger partial charge in [0.05, 0.1) is 0 Å². The molecule has 0 unspecified atom stereocenters. The molecule has 4 heteroatoms. The maximum atomic E-state index is 4.28. The van der Waals surface area contributed by atoms with E-state index >= 15 is 0 Å². The highest BCUT2D eigenvalue weighted by atomic mass is 15.6. The van der Waals surface area contributed by atoms with Crippen molar-refractivity contribution in [2.45, 2.75) is 46.0 Å². The Kier molecular flexibility index (Phi) is 5.04. The Morgan fingerprint density at radius 2 is 0.920 bits per heavy atom. The SMILES string of the molecule is C=C(CC(=C)N(C)N(C)C(=C)C1(C)CC1)N(C)N(C)C(=C)C1(C)CC1. The minimum atomic E-state index is 0.259. The van der Waals surface area contributed by atoms with Crippen LogP contribution in [0.3, 0.4) is 0 Å². The summed E-state index contributed by atoms with van der Waals surface area (Å²) in [4.78, 5) is 0. The zero-order chi connectivity index (χ0) is 19.2. The molecule has 0 spiro atoms. The van der Waals surface area contributed by atoms with Crippen molar-refractivity contribution >= 4 is 0 Å². The van der Waals surface area contributed by atoms with E-state index in [1.165, 1.54) is 25.7 Å². The Morgan fingerprint density at radius 3 is 1.16 bits per heavy atom. The van der Waals surface area contributed by atoms with Crippen molar-refractivity contribution in [2.24, 2.45) is 10.8 Å². The number of hydrogen-bond acceptors (Lipinski definition) is 4. The van der Waals surface area contributed by atoms with Crippen LogP contribution in [0.25, 0.3) is 0 Å². The van der Waals surface area contributed by atoms with Crippen LogP contribution in [0.15, 0.2) is 49.1 Å². The predicted octanol–water partition coefficient (Wildman–Crippen LogP) is 4.59. The second kappa shape index (κ2) is 6.47.